The molecule has 0 saturated carbocycles. The number of aromatic hydroxyl groups is 1. The van der Waals surface area contributed by atoms with E-state index in [0.717, 1.165) is 41.7 Å². The second-order valence-electron chi connectivity index (χ2n) is 8.36. The SMILES string of the molecule is Cc1cc(OCC(=O)N(C)C)c2c(c1Cc1ccc(O)c(C(C)C)c1F)CCC2. The topological polar surface area (TPSA) is 49.8 Å². The maximum atomic E-state index is 15.1. The summed E-state index contributed by atoms with van der Waals surface area (Å²) >= 11 is 0. The minimum atomic E-state index is -0.317. The number of fused-ring (bicyclic) bond motifs is 1. The molecule has 5 heteroatoms. The lowest BCUT2D eigenvalue weighted by molar-refractivity contribution is -0.130. The summed E-state index contributed by atoms with van der Waals surface area (Å²) < 4.78 is 20.9. The highest BCUT2D eigenvalue weighted by atomic mass is 19.1. The molecule has 156 valence electrons. The van der Waals surface area contributed by atoms with Gasteiger partial charge in [-0.1, -0.05) is 19.9 Å². The molecule has 2 aromatic carbocycles. The largest absolute Gasteiger partial charge is 0.508 e. The first kappa shape index (κ1) is 21.2. The lowest BCUT2D eigenvalue weighted by atomic mass is 9.90. The number of aryl methyl sites for hydroxylation is 1. The van der Waals surface area contributed by atoms with Gasteiger partial charge in [0.05, 0.1) is 0 Å². The Hall–Kier alpha value is -2.56. The van der Waals surface area contributed by atoms with E-state index in [1.807, 2.05) is 26.8 Å². The zero-order valence-electron chi connectivity index (χ0n) is 17.9. The lowest BCUT2D eigenvalue weighted by Gasteiger charge is -2.19. The fourth-order valence-electron chi connectivity index (χ4n) is 4.11. The first-order valence-electron chi connectivity index (χ1n) is 10.2. The van der Waals surface area contributed by atoms with Crippen LogP contribution in [-0.2, 0) is 24.1 Å². The minimum Gasteiger partial charge on any atom is -0.508 e. The van der Waals surface area contributed by atoms with Crippen LogP contribution in [0.5, 0.6) is 11.5 Å². The van der Waals surface area contributed by atoms with Gasteiger partial charge in [-0.25, -0.2) is 4.39 Å². The number of carbonyl (C=O) groups excluding carboxylic acids is 1. The number of ether oxygens (including phenoxy) is 1. The van der Waals surface area contributed by atoms with Crippen molar-refractivity contribution in [2.24, 2.45) is 0 Å². The number of carbonyl (C=O) groups is 1. The van der Waals surface area contributed by atoms with Crippen LogP contribution in [-0.4, -0.2) is 36.6 Å². The van der Waals surface area contributed by atoms with Crippen LogP contribution in [0.3, 0.4) is 0 Å². The van der Waals surface area contributed by atoms with Gasteiger partial charge in [-0.15, -0.1) is 0 Å². The van der Waals surface area contributed by atoms with Crippen LogP contribution in [0.25, 0.3) is 0 Å². The Morgan fingerprint density at radius 2 is 1.93 bits per heavy atom. The highest BCUT2D eigenvalue weighted by Gasteiger charge is 2.24. The number of amides is 1. The van der Waals surface area contributed by atoms with Gasteiger partial charge in [-0.05, 0) is 72.1 Å². The van der Waals surface area contributed by atoms with Crippen LogP contribution in [0.2, 0.25) is 0 Å². The van der Waals surface area contributed by atoms with Crippen LogP contribution in [0.15, 0.2) is 18.2 Å². The van der Waals surface area contributed by atoms with E-state index in [4.69, 9.17) is 4.74 Å². The van der Waals surface area contributed by atoms with E-state index in [-0.39, 0.29) is 30.0 Å². The summed E-state index contributed by atoms with van der Waals surface area (Å²) in [6.07, 6.45) is 3.35. The Morgan fingerprint density at radius 1 is 1.24 bits per heavy atom. The molecule has 0 aliphatic heterocycles. The molecule has 0 heterocycles. The third-order valence-corrected chi connectivity index (χ3v) is 5.73. The molecular formula is C24H30FNO3. The van der Waals surface area contributed by atoms with E-state index in [9.17, 15) is 9.90 Å². The number of likely N-dealkylation sites (N-methyl/N-ethyl adjacent to an activating group) is 1. The van der Waals surface area contributed by atoms with E-state index in [1.165, 1.54) is 10.5 Å². The maximum absolute atomic E-state index is 15.1. The lowest BCUT2D eigenvalue weighted by Crippen LogP contribution is -2.27. The van der Waals surface area contributed by atoms with Crippen LogP contribution in [0, 0.1) is 12.7 Å². The summed E-state index contributed by atoms with van der Waals surface area (Å²) in [4.78, 5) is 13.4. The Bertz CT molecular complexity index is 934. The smallest absolute Gasteiger partial charge is 0.259 e. The Morgan fingerprint density at radius 3 is 2.59 bits per heavy atom. The van der Waals surface area contributed by atoms with Gasteiger partial charge in [0.2, 0.25) is 0 Å². The zero-order valence-corrected chi connectivity index (χ0v) is 17.9. The fraction of sp³-hybridized carbons (Fsp3) is 0.458. The first-order chi connectivity index (χ1) is 13.7. The van der Waals surface area contributed by atoms with Crippen molar-refractivity contribution in [3.63, 3.8) is 0 Å². The molecule has 0 aromatic heterocycles. The van der Waals surface area contributed by atoms with Crippen LogP contribution in [0.1, 0.15) is 59.6 Å². The molecule has 4 nitrogen and oxygen atoms in total. The first-order valence-corrected chi connectivity index (χ1v) is 10.2. The zero-order chi connectivity index (χ0) is 21.3. The van der Waals surface area contributed by atoms with E-state index < -0.39 is 0 Å². The van der Waals surface area contributed by atoms with Gasteiger partial charge in [-0.2, -0.15) is 0 Å². The number of halogens is 1. The summed E-state index contributed by atoms with van der Waals surface area (Å²) in [6, 6.07) is 5.25. The van der Waals surface area contributed by atoms with Crippen molar-refractivity contribution >= 4 is 5.91 Å². The van der Waals surface area contributed by atoms with Crippen LogP contribution < -0.4 is 4.74 Å². The number of nitrogens with zero attached hydrogens (tertiary/aromatic N) is 1. The summed E-state index contributed by atoms with van der Waals surface area (Å²) in [5, 5.41) is 10.1. The van der Waals surface area contributed by atoms with E-state index in [1.54, 1.807) is 26.2 Å². The van der Waals surface area contributed by atoms with Crippen LogP contribution in [0.4, 0.5) is 4.39 Å². The quantitative estimate of drug-likeness (QED) is 0.778. The number of phenolic OH excluding ortho intramolecular Hbond substituents is 1. The number of hydrogen-bond acceptors (Lipinski definition) is 3. The van der Waals surface area contributed by atoms with Gasteiger partial charge in [0, 0.05) is 26.1 Å². The number of benzene rings is 2. The maximum Gasteiger partial charge on any atom is 0.259 e. The Labute approximate surface area is 172 Å². The van der Waals surface area contributed by atoms with Gasteiger partial charge < -0.3 is 14.7 Å². The van der Waals surface area contributed by atoms with Gasteiger partial charge in [-0.3, -0.25) is 4.79 Å². The molecule has 0 unspecified atom stereocenters. The molecule has 1 aliphatic carbocycles. The van der Waals surface area contributed by atoms with E-state index >= 15 is 4.39 Å². The molecule has 0 spiro atoms. The third kappa shape index (κ3) is 4.24. The van der Waals surface area contributed by atoms with Crippen molar-refractivity contribution in [1.29, 1.82) is 0 Å². The standard InChI is InChI=1S/C24H30FNO3/c1-14(2)23-20(27)10-9-16(24(23)25)12-19-15(3)11-21(18-8-6-7-17(18)19)29-13-22(28)26(4)5/h9-11,14,27H,6-8,12-13H2,1-5H3. The molecule has 3 rings (SSSR count). The summed E-state index contributed by atoms with van der Waals surface area (Å²) in [5.74, 6) is 0.293. The molecule has 1 amide bonds. The predicted octanol–water partition coefficient (Wildman–Crippen LogP) is 4.51. The average molecular weight is 400 g/mol. The molecule has 0 saturated heterocycles. The second-order valence-corrected chi connectivity index (χ2v) is 8.36. The molecule has 1 aliphatic rings. The third-order valence-electron chi connectivity index (χ3n) is 5.73. The molecule has 29 heavy (non-hydrogen) atoms. The summed E-state index contributed by atoms with van der Waals surface area (Å²) in [6.45, 7) is 5.79. The second kappa shape index (κ2) is 8.44. The average Bonchev–Trinajstić information content (AvgIpc) is 3.13. The molecule has 0 radical (unpaired) electrons. The molecule has 0 fully saturated rings. The minimum absolute atomic E-state index is 0.0116. The predicted molar refractivity (Wildman–Crippen MR) is 112 cm³/mol. The van der Waals surface area contributed by atoms with E-state index in [2.05, 4.69) is 0 Å². The molecule has 0 atom stereocenters. The van der Waals surface area contributed by atoms with Crippen LogP contribution >= 0.6 is 0 Å². The molecular weight excluding hydrogens is 369 g/mol. The number of rotatable bonds is 6. The Kier molecular flexibility index (Phi) is 6.15. The summed E-state index contributed by atoms with van der Waals surface area (Å²) in [7, 11) is 3.42. The van der Waals surface area contributed by atoms with Crippen molar-refractivity contribution in [3.05, 3.63) is 57.4 Å². The number of phenols is 1. The van der Waals surface area contributed by atoms with Gasteiger partial charge in [0.15, 0.2) is 6.61 Å². The van der Waals surface area contributed by atoms with Crippen molar-refractivity contribution < 1.29 is 19.0 Å². The highest BCUT2D eigenvalue weighted by molar-refractivity contribution is 5.77. The number of hydrogen-bond donors (Lipinski definition) is 1. The van der Waals surface area contributed by atoms with Crippen molar-refractivity contribution in [1.82, 2.24) is 4.90 Å². The fourth-order valence-corrected chi connectivity index (χ4v) is 4.11. The van der Waals surface area contributed by atoms with Crippen molar-refractivity contribution in [2.75, 3.05) is 20.7 Å². The van der Waals surface area contributed by atoms with Crippen molar-refractivity contribution in [2.45, 2.75) is 52.4 Å². The molecule has 0 bridgehead atoms. The molecule has 1 N–H and O–H groups in total. The monoisotopic (exact) mass is 399 g/mol. The highest BCUT2D eigenvalue weighted by Crippen LogP contribution is 2.38. The van der Waals surface area contributed by atoms with Crippen molar-refractivity contribution in [3.8, 4) is 11.5 Å². The van der Waals surface area contributed by atoms with Gasteiger partial charge in [0.1, 0.15) is 17.3 Å². The molecule has 2 aromatic rings. The summed E-state index contributed by atoms with van der Waals surface area (Å²) in [5.41, 5.74) is 5.50. The van der Waals surface area contributed by atoms with E-state index in [0.29, 0.717) is 17.5 Å². The van der Waals surface area contributed by atoms with Gasteiger partial charge in [0.25, 0.3) is 5.91 Å². The normalized spacial score (nSPS) is 12.9. The Balaban J connectivity index is 1.95. The van der Waals surface area contributed by atoms with Gasteiger partial charge >= 0.3 is 0 Å².